The highest BCUT2D eigenvalue weighted by molar-refractivity contribution is 9.10. The smallest absolute Gasteiger partial charge is 0.221 e. The molecule has 1 N–H and O–H groups in total. The lowest BCUT2D eigenvalue weighted by Crippen LogP contribution is -2.25. The van der Waals surface area contributed by atoms with E-state index in [0.29, 0.717) is 31.8 Å². The minimum Gasteiger partial charge on any atom is -0.356 e. The van der Waals surface area contributed by atoms with E-state index in [9.17, 15) is 4.79 Å². The van der Waals surface area contributed by atoms with Gasteiger partial charge in [0.15, 0.2) is 5.65 Å². The van der Waals surface area contributed by atoms with Crippen LogP contribution in [0.25, 0.3) is 11.2 Å². The predicted octanol–water partition coefficient (Wildman–Crippen LogP) is 2.89. The minimum absolute atomic E-state index is 0.0487. The standard InChI is InChI=1S/C14H18BrClN4O/c1-2-6-17-13(21)4-7-20-12(3-5-16)19-11-8-10(15)9-18-14(11)20/h8-9H,2-7H2,1H3,(H,17,21). The zero-order valence-electron chi connectivity index (χ0n) is 11.9. The molecule has 0 aliphatic rings. The Morgan fingerprint density at radius 2 is 2.33 bits per heavy atom. The number of fused-ring (bicyclic) bond motifs is 1. The lowest BCUT2D eigenvalue weighted by molar-refractivity contribution is -0.121. The van der Waals surface area contributed by atoms with Crippen molar-refractivity contribution in [3.8, 4) is 0 Å². The van der Waals surface area contributed by atoms with E-state index in [1.54, 1.807) is 6.20 Å². The van der Waals surface area contributed by atoms with Crippen molar-refractivity contribution < 1.29 is 4.79 Å². The topological polar surface area (TPSA) is 59.8 Å². The summed E-state index contributed by atoms with van der Waals surface area (Å²) >= 11 is 9.23. The number of halogens is 2. The van der Waals surface area contributed by atoms with Gasteiger partial charge in [-0.15, -0.1) is 11.6 Å². The van der Waals surface area contributed by atoms with Gasteiger partial charge in [0.1, 0.15) is 11.3 Å². The Morgan fingerprint density at radius 3 is 3.05 bits per heavy atom. The molecule has 0 aromatic carbocycles. The van der Waals surface area contributed by atoms with E-state index >= 15 is 0 Å². The molecule has 5 nitrogen and oxygen atoms in total. The van der Waals surface area contributed by atoms with Crippen LogP contribution in [0.2, 0.25) is 0 Å². The number of hydrogen-bond acceptors (Lipinski definition) is 3. The van der Waals surface area contributed by atoms with Gasteiger partial charge in [0.05, 0.1) is 0 Å². The second-order valence-corrected chi connectivity index (χ2v) is 6.01. The summed E-state index contributed by atoms with van der Waals surface area (Å²) in [5.41, 5.74) is 1.61. The van der Waals surface area contributed by atoms with Crippen LogP contribution in [0.5, 0.6) is 0 Å². The number of pyridine rings is 1. The van der Waals surface area contributed by atoms with Crippen molar-refractivity contribution in [1.29, 1.82) is 0 Å². The zero-order chi connectivity index (χ0) is 15.2. The molecule has 0 radical (unpaired) electrons. The number of alkyl halides is 1. The molecule has 1 amide bonds. The molecular weight excluding hydrogens is 356 g/mol. The van der Waals surface area contributed by atoms with Gasteiger partial charge in [-0.1, -0.05) is 6.92 Å². The summed E-state index contributed by atoms with van der Waals surface area (Å²) in [5.74, 6) is 1.41. The Labute approximate surface area is 137 Å². The molecule has 21 heavy (non-hydrogen) atoms. The quantitative estimate of drug-likeness (QED) is 0.759. The van der Waals surface area contributed by atoms with E-state index in [4.69, 9.17) is 11.6 Å². The lowest BCUT2D eigenvalue weighted by Gasteiger charge is -2.08. The summed E-state index contributed by atoms with van der Waals surface area (Å²) < 4.78 is 2.87. The monoisotopic (exact) mass is 372 g/mol. The van der Waals surface area contributed by atoms with Crippen LogP contribution in [0.3, 0.4) is 0 Å². The third kappa shape index (κ3) is 4.17. The number of aromatic nitrogens is 3. The van der Waals surface area contributed by atoms with Crippen LogP contribution in [0, 0.1) is 0 Å². The van der Waals surface area contributed by atoms with Gasteiger partial charge in [0, 0.05) is 42.5 Å². The van der Waals surface area contributed by atoms with Crippen molar-refractivity contribution in [2.75, 3.05) is 12.4 Å². The third-order valence-corrected chi connectivity index (χ3v) is 3.71. The number of nitrogens with one attached hydrogen (secondary N) is 1. The fourth-order valence-corrected chi connectivity index (χ4v) is 2.60. The molecule has 0 fully saturated rings. The van der Waals surface area contributed by atoms with Crippen molar-refractivity contribution in [3.05, 3.63) is 22.6 Å². The first-order chi connectivity index (χ1) is 10.2. The summed E-state index contributed by atoms with van der Waals surface area (Å²) in [7, 11) is 0. The normalized spacial score (nSPS) is 11.0. The molecule has 0 bridgehead atoms. The largest absolute Gasteiger partial charge is 0.356 e. The Hall–Kier alpha value is -1.14. The van der Waals surface area contributed by atoms with Gasteiger partial charge in [-0.25, -0.2) is 9.97 Å². The second kappa shape index (κ2) is 7.75. The number of imidazole rings is 1. The van der Waals surface area contributed by atoms with E-state index in [1.165, 1.54) is 0 Å². The van der Waals surface area contributed by atoms with Crippen LogP contribution in [-0.4, -0.2) is 32.9 Å². The van der Waals surface area contributed by atoms with E-state index in [-0.39, 0.29) is 5.91 Å². The van der Waals surface area contributed by atoms with Crippen molar-refractivity contribution in [2.24, 2.45) is 0 Å². The van der Waals surface area contributed by atoms with Gasteiger partial charge in [-0.2, -0.15) is 0 Å². The molecule has 7 heteroatoms. The van der Waals surface area contributed by atoms with Crippen LogP contribution in [0.1, 0.15) is 25.6 Å². The van der Waals surface area contributed by atoms with Crippen molar-refractivity contribution in [3.63, 3.8) is 0 Å². The van der Waals surface area contributed by atoms with E-state index in [1.807, 2.05) is 17.6 Å². The number of carbonyl (C=O) groups is 1. The van der Waals surface area contributed by atoms with E-state index in [2.05, 4.69) is 31.2 Å². The highest BCUT2D eigenvalue weighted by Crippen LogP contribution is 2.19. The Kier molecular flexibility index (Phi) is 5.99. The molecule has 2 rings (SSSR count). The molecule has 2 aromatic rings. The second-order valence-electron chi connectivity index (χ2n) is 4.71. The Morgan fingerprint density at radius 1 is 1.52 bits per heavy atom. The average molecular weight is 374 g/mol. The third-order valence-electron chi connectivity index (χ3n) is 3.08. The molecule has 2 heterocycles. The van der Waals surface area contributed by atoms with Gasteiger partial charge < -0.3 is 9.88 Å². The molecule has 0 aliphatic carbocycles. The summed E-state index contributed by atoms with van der Waals surface area (Å²) in [6, 6.07) is 1.92. The molecular formula is C14H18BrClN4O. The fourth-order valence-electron chi connectivity index (χ4n) is 2.11. The molecule has 0 saturated heterocycles. The maximum atomic E-state index is 11.8. The van der Waals surface area contributed by atoms with Gasteiger partial charge in [0.2, 0.25) is 5.91 Å². The zero-order valence-corrected chi connectivity index (χ0v) is 14.2. The highest BCUT2D eigenvalue weighted by atomic mass is 79.9. The first-order valence-electron chi connectivity index (χ1n) is 6.99. The van der Waals surface area contributed by atoms with Crippen molar-refractivity contribution in [1.82, 2.24) is 19.9 Å². The summed E-state index contributed by atoms with van der Waals surface area (Å²) in [6.45, 7) is 3.31. The lowest BCUT2D eigenvalue weighted by atomic mass is 10.3. The van der Waals surface area contributed by atoms with Crippen LogP contribution >= 0.6 is 27.5 Å². The molecule has 0 spiro atoms. The van der Waals surface area contributed by atoms with Crippen molar-refractivity contribution in [2.45, 2.75) is 32.7 Å². The highest BCUT2D eigenvalue weighted by Gasteiger charge is 2.13. The predicted molar refractivity (Wildman–Crippen MR) is 87.6 cm³/mol. The van der Waals surface area contributed by atoms with Gasteiger partial charge in [-0.3, -0.25) is 4.79 Å². The minimum atomic E-state index is 0.0487. The first kappa shape index (κ1) is 16.2. The van der Waals surface area contributed by atoms with E-state index in [0.717, 1.165) is 27.9 Å². The summed E-state index contributed by atoms with van der Waals surface area (Å²) in [5, 5.41) is 2.88. The van der Waals surface area contributed by atoms with Crippen LogP contribution in [0.4, 0.5) is 0 Å². The first-order valence-corrected chi connectivity index (χ1v) is 8.31. The van der Waals surface area contributed by atoms with E-state index < -0.39 is 0 Å². The fraction of sp³-hybridized carbons (Fsp3) is 0.500. The summed E-state index contributed by atoms with van der Waals surface area (Å²) in [6.07, 6.45) is 3.75. The van der Waals surface area contributed by atoms with Crippen LogP contribution in [-0.2, 0) is 17.8 Å². The molecule has 0 unspecified atom stereocenters. The van der Waals surface area contributed by atoms with Crippen LogP contribution < -0.4 is 5.32 Å². The molecule has 0 atom stereocenters. The molecule has 0 aliphatic heterocycles. The molecule has 2 aromatic heterocycles. The maximum absolute atomic E-state index is 11.8. The number of amides is 1. The van der Waals surface area contributed by atoms with Crippen molar-refractivity contribution >= 4 is 44.6 Å². The number of nitrogens with zero attached hydrogens (tertiary/aromatic N) is 3. The number of rotatable bonds is 7. The molecule has 114 valence electrons. The van der Waals surface area contributed by atoms with Gasteiger partial charge in [-0.05, 0) is 28.4 Å². The molecule has 0 saturated carbocycles. The Balaban J connectivity index is 2.20. The summed E-state index contributed by atoms with van der Waals surface area (Å²) in [4.78, 5) is 20.7. The Bertz CT molecular complexity index is 629. The number of carbonyl (C=O) groups excluding carboxylic acids is 1. The number of hydrogen-bond donors (Lipinski definition) is 1. The average Bonchev–Trinajstić information content (AvgIpc) is 2.79. The van der Waals surface area contributed by atoms with Gasteiger partial charge >= 0.3 is 0 Å². The van der Waals surface area contributed by atoms with Gasteiger partial charge in [0.25, 0.3) is 0 Å². The number of aryl methyl sites for hydroxylation is 2. The SMILES string of the molecule is CCCNC(=O)CCn1c(CCCl)nc2cc(Br)cnc21. The van der Waals surface area contributed by atoms with Crippen LogP contribution in [0.15, 0.2) is 16.7 Å². The maximum Gasteiger partial charge on any atom is 0.221 e.